The van der Waals surface area contributed by atoms with Gasteiger partial charge in [0.05, 0.1) is 11.1 Å². The quantitative estimate of drug-likeness (QED) is 0.635. The van der Waals surface area contributed by atoms with Crippen LogP contribution in [0.5, 0.6) is 0 Å². The first-order chi connectivity index (χ1) is 7.49. The van der Waals surface area contributed by atoms with Crippen molar-refractivity contribution in [3.8, 4) is 0 Å². The van der Waals surface area contributed by atoms with E-state index in [1.807, 2.05) is 0 Å². The van der Waals surface area contributed by atoms with Gasteiger partial charge in [0.15, 0.2) is 0 Å². The molecule has 0 spiro atoms. The zero-order valence-electron chi connectivity index (χ0n) is 8.28. The Balaban J connectivity index is 2.55. The standard InChI is InChI=1S/C9H8NO4PS/c1-14-15(13,16)10-8(11)6-4-2-3-5-7(6)9(10)12/h2-5H,1H3,(H,13,16). The zero-order chi connectivity index (χ0) is 11.9. The molecule has 84 valence electrons. The van der Waals surface area contributed by atoms with Crippen LogP contribution in [0, 0.1) is 0 Å². The third-order valence-corrected chi connectivity index (χ3v) is 4.54. The Morgan fingerprint density at radius 2 is 1.69 bits per heavy atom. The summed E-state index contributed by atoms with van der Waals surface area (Å²) >= 11 is 4.73. The summed E-state index contributed by atoms with van der Waals surface area (Å²) in [6, 6.07) is 6.31. The van der Waals surface area contributed by atoms with Crippen molar-refractivity contribution in [2.45, 2.75) is 0 Å². The van der Waals surface area contributed by atoms with Crippen molar-refractivity contribution in [3.63, 3.8) is 0 Å². The highest BCUT2D eigenvalue weighted by Crippen LogP contribution is 2.50. The van der Waals surface area contributed by atoms with Crippen molar-refractivity contribution in [2.24, 2.45) is 0 Å². The van der Waals surface area contributed by atoms with Gasteiger partial charge in [-0.05, 0) is 23.9 Å². The van der Waals surface area contributed by atoms with Gasteiger partial charge < -0.3 is 9.42 Å². The van der Waals surface area contributed by atoms with E-state index in [0.29, 0.717) is 4.67 Å². The van der Waals surface area contributed by atoms with Gasteiger partial charge in [0.2, 0.25) is 0 Å². The van der Waals surface area contributed by atoms with Crippen LogP contribution in [-0.2, 0) is 16.3 Å². The molecule has 16 heavy (non-hydrogen) atoms. The van der Waals surface area contributed by atoms with E-state index in [1.165, 1.54) is 19.2 Å². The summed E-state index contributed by atoms with van der Waals surface area (Å²) in [7, 11) is 1.17. The lowest BCUT2D eigenvalue weighted by Crippen LogP contribution is -2.26. The van der Waals surface area contributed by atoms with E-state index < -0.39 is 18.5 Å². The molecule has 2 amide bonds. The molecule has 1 atom stereocenters. The molecule has 1 unspecified atom stereocenters. The molecule has 1 aliphatic heterocycles. The van der Waals surface area contributed by atoms with E-state index in [9.17, 15) is 14.5 Å². The molecule has 0 saturated heterocycles. The predicted molar refractivity (Wildman–Crippen MR) is 60.5 cm³/mol. The van der Waals surface area contributed by atoms with Crippen molar-refractivity contribution in [3.05, 3.63) is 35.4 Å². The average molecular weight is 257 g/mol. The van der Waals surface area contributed by atoms with Crippen LogP contribution in [0.3, 0.4) is 0 Å². The molecule has 0 saturated carbocycles. The number of benzene rings is 1. The number of amides is 2. The molecular weight excluding hydrogens is 249 g/mol. The Hall–Kier alpha value is -1.07. The lowest BCUT2D eigenvalue weighted by Gasteiger charge is -2.21. The van der Waals surface area contributed by atoms with Gasteiger partial charge in [-0.25, -0.2) is 4.67 Å². The Morgan fingerprint density at radius 1 is 1.25 bits per heavy atom. The Morgan fingerprint density at radius 3 is 2.06 bits per heavy atom. The first-order valence-electron chi connectivity index (χ1n) is 4.36. The highest BCUT2D eigenvalue weighted by atomic mass is 32.5. The SMILES string of the molecule is COP(O)(=S)N1C(=O)c2ccccc2C1=O. The molecule has 0 aliphatic carbocycles. The summed E-state index contributed by atoms with van der Waals surface area (Å²) < 4.78 is 5.29. The lowest BCUT2D eigenvalue weighted by molar-refractivity contribution is 0.0742. The second kappa shape index (κ2) is 3.75. The molecule has 0 radical (unpaired) electrons. The normalized spacial score (nSPS) is 18.5. The highest BCUT2D eigenvalue weighted by molar-refractivity contribution is 8.08. The molecule has 1 heterocycles. The maximum atomic E-state index is 11.8. The first kappa shape index (κ1) is 11.4. The van der Waals surface area contributed by atoms with E-state index in [0.717, 1.165) is 0 Å². The van der Waals surface area contributed by atoms with Crippen LogP contribution in [0.25, 0.3) is 0 Å². The van der Waals surface area contributed by atoms with Gasteiger partial charge in [0.25, 0.3) is 18.5 Å². The number of fused-ring (bicyclic) bond motifs is 1. The third kappa shape index (κ3) is 1.51. The number of rotatable bonds is 2. The molecule has 0 fully saturated rings. The number of carbonyl (C=O) groups is 2. The van der Waals surface area contributed by atoms with Gasteiger partial charge in [-0.3, -0.25) is 9.59 Å². The number of hydrogen-bond acceptors (Lipinski definition) is 4. The van der Waals surface area contributed by atoms with Crippen LogP contribution in [0.1, 0.15) is 20.7 Å². The minimum Gasteiger partial charge on any atom is -0.329 e. The number of imide groups is 1. The van der Waals surface area contributed by atoms with Crippen molar-refractivity contribution >= 4 is 30.3 Å². The Bertz CT molecular complexity index is 495. The van der Waals surface area contributed by atoms with E-state index >= 15 is 0 Å². The van der Waals surface area contributed by atoms with Crippen molar-refractivity contribution in [1.82, 2.24) is 4.67 Å². The van der Waals surface area contributed by atoms with Crippen LogP contribution in [-0.4, -0.2) is 28.5 Å². The second-order valence-corrected chi connectivity index (χ2v) is 6.31. The van der Waals surface area contributed by atoms with Crippen LogP contribution in [0.4, 0.5) is 0 Å². The molecule has 1 aromatic carbocycles. The van der Waals surface area contributed by atoms with Gasteiger partial charge in [-0.1, -0.05) is 12.1 Å². The summed E-state index contributed by atoms with van der Waals surface area (Å²) in [6.07, 6.45) is 0. The van der Waals surface area contributed by atoms with Crippen molar-refractivity contribution in [2.75, 3.05) is 7.11 Å². The summed E-state index contributed by atoms with van der Waals surface area (Å²) in [5.74, 6) is -1.21. The molecule has 1 N–H and O–H groups in total. The predicted octanol–water partition coefficient (Wildman–Crippen LogP) is 1.15. The topological polar surface area (TPSA) is 66.8 Å². The fraction of sp³-hybridized carbons (Fsp3) is 0.111. The molecule has 5 nitrogen and oxygen atoms in total. The Kier molecular flexibility index (Phi) is 2.67. The molecule has 1 aromatic rings. The van der Waals surface area contributed by atoms with Gasteiger partial charge in [-0.2, -0.15) is 0 Å². The molecular formula is C9H8NO4PS. The smallest absolute Gasteiger partial charge is 0.296 e. The molecule has 0 aromatic heterocycles. The number of carbonyl (C=O) groups excluding carboxylic acids is 2. The van der Waals surface area contributed by atoms with Crippen LogP contribution >= 0.6 is 6.64 Å². The average Bonchev–Trinajstić information content (AvgIpc) is 2.53. The van der Waals surface area contributed by atoms with E-state index in [4.69, 9.17) is 11.8 Å². The van der Waals surface area contributed by atoms with Crippen LogP contribution in [0.15, 0.2) is 24.3 Å². The van der Waals surface area contributed by atoms with Crippen LogP contribution in [0.2, 0.25) is 0 Å². The lowest BCUT2D eigenvalue weighted by atomic mass is 10.1. The van der Waals surface area contributed by atoms with E-state index in [1.54, 1.807) is 12.1 Å². The molecule has 7 heteroatoms. The van der Waals surface area contributed by atoms with Crippen LogP contribution < -0.4 is 0 Å². The largest absolute Gasteiger partial charge is 0.329 e. The summed E-state index contributed by atoms with van der Waals surface area (Å²) in [5, 5.41) is 0. The first-order valence-corrected chi connectivity index (χ1v) is 6.98. The summed E-state index contributed by atoms with van der Waals surface area (Å²) in [6.45, 7) is -3.55. The van der Waals surface area contributed by atoms with Gasteiger partial charge in [0.1, 0.15) is 0 Å². The van der Waals surface area contributed by atoms with Crippen molar-refractivity contribution in [1.29, 1.82) is 0 Å². The van der Waals surface area contributed by atoms with Crippen molar-refractivity contribution < 1.29 is 19.0 Å². The van der Waals surface area contributed by atoms with Gasteiger partial charge >= 0.3 is 0 Å². The zero-order valence-corrected chi connectivity index (χ0v) is 9.99. The number of hydrogen-bond donors (Lipinski definition) is 1. The Labute approximate surface area is 96.9 Å². The number of nitrogens with zero attached hydrogens (tertiary/aromatic N) is 1. The molecule has 0 bridgehead atoms. The maximum Gasteiger partial charge on any atom is 0.296 e. The summed E-state index contributed by atoms with van der Waals surface area (Å²) in [5.41, 5.74) is 0.487. The second-order valence-electron chi connectivity index (χ2n) is 3.14. The molecule has 2 rings (SSSR count). The van der Waals surface area contributed by atoms with E-state index in [-0.39, 0.29) is 11.1 Å². The maximum absolute atomic E-state index is 11.8. The monoisotopic (exact) mass is 257 g/mol. The van der Waals surface area contributed by atoms with Gasteiger partial charge in [0, 0.05) is 7.11 Å². The fourth-order valence-corrected chi connectivity index (χ4v) is 2.77. The third-order valence-electron chi connectivity index (χ3n) is 2.26. The van der Waals surface area contributed by atoms with Gasteiger partial charge in [-0.15, -0.1) is 0 Å². The molecule has 1 aliphatic rings. The highest BCUT2D eigenvalue weighted by Gasteiger charge is 2.43. The minimum atomic E-state index is -3.55. The fourth-order valence-electron chi connectivity index (χ4n) is 1.49. The van der Waals surface area contributed by atoms with E-state index in [2.05, 4.69) is 4.52 Å². The minimum absolute atomic E-state index is 0.243. The summed E-state index contributed by atoms with van der Waals surface area (Å²) in [4.78, 5) is 33.4.